The summed E-state index contributed by atoms with van der Waals surface area (Å²) in [6, 6.07) is 3.74. The quantitative estimate of drug-likeness (QED) is 0.898. The van der Waals surface area contributed by atoms with E-state index < -0.39 is 0 Å². The van der Waals surface area contributed by atoms with Gasteiger partial charge in [0.25, 0.3) is 0 Å². The summed E-state index contributed by atoms with van der Waals surface area (Å²) < 4.78 is 0.954. The van der Waals surface area contributed by atoms with E-state index in [1.165, 1.54) is 0 Å². The van der Waals surface area contributed by atoms with Crippen LogP contribution in [0.3, 0.4) is 0 Å². The summed E-state index contributed by atoms with van der Waals surface area (Å²) in [6.07, 6.45) is 2.84. The molecule has 4 nitrogen and oxygen atoms in total. The van der Waals surface area contributed by atoms with Gasteiger partial charge in [-0.15, -0.1) is 0 Å². The number of anilines is 1. The predicted molar refractivity (Wildman–Crippen MR) is 80.1 cm³/mol. The maximum atomic E-state index is 12.5. The molecule has 104 valence electrons. The number of amides is 1. The molecule has 1 atom stereocenters. The molecule has 19 heavy (non-hydrogen) atoms. The van der Waals surface area contributed by atoms with Gasteiger partial charge in [-0.3, -0.25) is 4.79 Å². The number of halogens is 1. The van der Waals surface area contributed by atoms with Crippen molar-refractivity contribution < 1.29 is 4.79 Å². The smallest absolute Gasteiger partial charge is 0.233 e. The molecule has 0 radical (unpaired) electrons. The van der Waals surface area contributed by atoms with E-state index in [1.54, 1.807) is 0 Å². The molecule has 1 amide bonds. The lowest BCUT2D eigenvalue weighted by molar-refractivity contribution is -0.126. The van der Waals surface area contributed by atoms with Crippen molar-refractivity contribution in [3.8, 4) is 0 Å². The maximum Gasteiger partial charge on any atom is 0.233 e. The summed E-state index contributed by atoms with van der Waals surface area (Å²) in [5.74, 6) is 0.709. The zero-order valence-electron chi connectivity index (χ0n) is 11.4. The fourth-order valence-corrected chi connectivity index (χ4v) is 2.71. The second-order valence-electron chi connectivity index (χ2n) is 5.13. The number of piperidine rings is 1. The SMILES string of the molecule is CCC1(C(=O)Nc2ccc(Br)c(C)n2)CCCNC1. The lowest BCUT2D eigenvalue weighted by atomic mass is 9.77. The van der Waals surface area contributed by atoms with Crippen LogP contribution in [0, 0.1) is 12.3 Å². The number of hydrogen-bond acceptors (Lipinski definition) is 3. The Balaban J connectivity index is 2.12. The lowest BCUT2D eigenvalue weighted by Crippen LogP contribution is -2.47. The first-order chi connectivity index (χ1) is 9.07. The van der Waals surface area contributed by atoms with Crippen molar-refractivity contribution >= 4 is 27.7 Å². The Morgan fingerprint density at radius 2 is 2.37 bits per heavy atom. The Hall–Kier alpha value is -0.940. The Labute approximate surface area is 122 Å². The fraction of sp³-hybridized carbons (Fsp3) is 0.571. The first kappa shape index (κ1) is 14.5. The molecular formula is C14H20BrN3O. The summed E-state index contributed by atoms with van der Waals surface area (Å²) in [7, 11) is 0. The highest BCUT2D eigenvalue weighted by Crippen LogP contribution is 2.31. The molecule has 0 spiro atoms. The lowest BCUT2D eigenvalue weighted by Gasteiger charge is -2.35. The first-order valence-electron chi connectivity index (χ1n) is 6.73. The number of carbonyl (C=O) groups excluding carboxylic acids is 1. The number of aromatic nitrogens is 1. The van der Waals surface area contributed by atoms with Crippen molar-refractivity contribution in [1.29, 1.82) is 0 Å². The maximum absolute atomic E-state index is 12.5. The Bertz CT molecular complexity index is 470. The minimum atomic E-state index is -0.291. The minimum absolute atomic E-state index is 0.0800. The van der Waals surface area contributed by atoms with Gasteiger partial charge in [0.2, 0.25) is 5.91 Å². The monoisotopic (exact) mass is 325 g/mol. The topological polar surface area (TPSA) is 54.0 Å². The largest absolute Gasteiger partial charge is 0.316 e. The van der Waals surface area contributed by atoms with Crippen molar-refractivity contribution in [1.82, 2.24) is 10.3 Å². The van der Waals surface area contributed by atoms with E-state index in [4.69, 9.17) is 0 Å². The van der Waals surface area contributed by atoms with Gasteiger partial charge in [-0.05, 0) is 60.8 Å². The van der Waals surface area contributed by atoms with Crippen molar-refractivity contribution in [3.63, 3.8) is 0 Å². The number of carbonyl (C=O) groups is 1. The molecule has 1 aliphatic rings. The van der Waals surface area contributed by atoms with Gasteiger partial charge in [-0.1, -0.05) is 6.92 Å². The molecule has 2 N–H and O–H groups in total. The number of nitrogens with one attached hydrogen (secondary N) is 2. The van der Waals surface area contributed by atoms with Gasteiger partial charge in [0, 0.05) is 11.0 Å². The van der Waals surface area contributed by atoms with E-state index in [0.29, 0.717) is 5.82 Å². The molecule has 1 fully saturated rings. The van der Waals surface area contributed by atoms with E-state index in [-0.39, 0.29) is 11.3 Å². The molecular weight excluding hydrogens is 306 g/mol. The highest BCUT2D eigenvalue weighted by molar-refractivity contribution is 9.10. The van der Waals surface area contributed by atoms with Crippen molar-refractivity contribution in [2.24, 2.45) is 5.41 Å². The van der Waals surface area contributed by atoms with E-state index in [9.17, 15) is 4.79 Å². The van der Waals surface area contributed by atoms with Crippen LogP contribution in [0.2, 0.25) is 0 Å². The zero-order chi connectivity index (χ0) is 13.9. The van der Waals surface area contributed by atoms with Gasteiger partial charge in [0.1, 0.15) is 5.82 Å². The Kier molecular flexibility index (Phi) is 4.58. The summed E-state index contributed by atoms with van der Waals surface area (Å²) in [5, 5.41) is 6.29. The second-order valence-corrected chi connectivity index (χ2v) is 5.99. The van der Waals surface area contributed by atoms with Crippen LogP contribution in [0.25, 0.3) is 0 Å². The molecule has 1 aliphatic heterocycles. The van der Waals surface area contributed by atoms with Gasteiger partial charge in [-0.25, -0.2) is 4.98 Å². The zero-order valence-corrected chi connectivity index (χ0v) is 13.0. The molecule has 1 saturated heterocycles. The van der Waals surface area contributed by atoms with Crippen molar-refractivity contribution in [3.05, 3.63) is 22.3 Å². The third-order valence-corrected chi connectivity index (χ3v) is 4.73. The highest BCUT2D eigenvalue weighted by atomic mass is 79.9. The van der Waals surface area contributed by atoms with Crippen LogP contribution in [-0.4, -0.2) is 24.0 Å². The van der Waals surface area contributed by atoms with Crippen molar-refractivity contribution in [2.75, 3.05) is 18.4 Å². The Morgan fingerprint density at radius 3 is 2.95 bits per heavy atom. The standard InChI is InChI=1S/C14H20BrN3O/c1-3-14(7-4-8-16-9-14)13(19)18-12-6-5-11(15)10(2)17-12/h5-6,16H,3-4,7-9H2,1-2H3,(H,17,18,19). The third kappa shape index (κ3) is 3.15. The van der Waals surface area contributed by atoms with E-state index in [1.807, 2.05) is 19.1 Å². The summed E-state index contributed by atoms with van der Waals surface area (Å²) in [6.45, 7) is 5.75. The van der Waals surface area contributed by atoms with Crippen LogP contribution in [0.15, 0.2) is 16.6 Å². The summed E-state index contributed by atoms with van der Waals surface area (Å²) in [5.41, 5.74) is 0.589. The van der Waals surface area contributed by atoms with Crippen molar-refractivity contribution in [2.45, 2.75) is 33.1 Å². The number of aryl methyl sites for hydroxylation is 1. The molecule has 1 unspecified atom stereocenters. The van der Waals surface area contributed by atoms with E-state index in [2.05, 4.69) is 38.5 Å². The van der Waals surface area contributed by atoms with Gasteiger partial charge >= 0.3 is 0 Å². The predicted octanol–water partition coefficient (Wildman–Crippen LogP) is 2.87. The molecule has 0 bridgehead atoms. The van der Waals surface area contributed by atoms with E-state index >= 15 is 0 Å². The van der Waals surface area contributed by atoms with Crippen LogP contribution in [0.4, 0.5) is 5.82 Å². The average Bonchev–Trinajstić information content (AvgIpc) is 2.43. The molecule has 0 aliphatic carbocycles. The normalized spacial score (nSPS) is 23.1. The van der Waals surface area contributed by atoms with Crippen LogP contribution >= 0.6 is 15.9 Å². The third-order valence-electron chi connectivity index (χ3n) is 3.89. The van der Waals surface area contributed by atoms with Crippen LogP contribution in [-0.2, 0) is 4.79 Å². The van der Waals surface area contributed by atoms with E-state index in [0.717, 1.165) is 42.5 Å². The Morgan fingerprint density at radius 1 is 1.58 bits per heavy atom. The summed E-state index contributed by atoms with van der Waals surface area (Å²) >= 11 is 3.41. The van der Waals surface area contributed by atoms with Gasteiger partial charge in [0.05, 0.1) is 11.1 Å². The number of hydrogen-bond donors (Lipinski definition) is 2. The van der Waals surface area contributed by atoms with Gasteiger partial charge < -0.3 is 10.6 Å². The molecule has 1 aromatic heterocycles. The fourth-order valence-electron chi connectivity index (χ4n) is 2.49. The second kappa shape index (κ2) is 6.01. The average molecular weight is 326 g/mol. The molecule has 0 aromatic carbocycles. The molecule has 0 saturated carbocycles. The summed E-state index contributed by atoms with van der Waals surface area (Å²) in [4.78, 5) is 16.9. The molecule has 5 heteroatoms. The van der Waals surface area contributed by atoms with Gasteiger partial charge in [-0.2, -0.15) is 0 Å². The highest BCUT2D eigenvalue weighted by Gasteiger charge is 2.37. The van der Waals surface area contributed by atoms with Crippen LogP contribution in [0.5, 0.6) is 0 Å². The molecule has 2 heterocycles. The minimum Gasteiger partial charge on any atom is -0.316 e. The van der Waals surface area contributed by atoms with Crippen LogP contribution in [0.1, 0.15) is 31.9 Å². The van der Waals surface area contributed by atoms with Crippen LogP contribution < -0.4 is 10.6 Å². The number of rotatable bonds is 3. The first-order valence-corrected chi connectivity index (χ1v) is 7.52. The molecule has 2 rings (SSSR count). The number of nitrogens with zero attached hydrogens (tertiary/aromatic N) is 1. The number of pyridine rings is 1. The molecule has 1 aromatic rings. The van der Waals surface area contributed by atoms with Gasteiger partial charge in [0.15, 0.2) is 0 Å².